The van der Waals surface area contributed by atoms with Crippen LogP contribution in [0.5, 0.6) is 0 Å². The molecule has 2 aromatic carbocycles. The highest BCUT2D eigenvalue weighted by Gasteiger charge is 2.30. The lowest BCUT2D eigenvalue weighted by molar-refractivity contribution is -0.137. The van der Waals surface area contributed by atoms with Gasteiger partial charge in [0.1, 0.15) is 6.10 Å². The Morgan fingerprint density at radius 2 is 1.58 bits per heavy atom. The van der Waals surface area contributed by atoms with Gasteiger partial charge in [-0.1, -0.05) is 42.0 Å². The Morgan fingerprint density at radius 3 is 2.16 bits per heavy atom. The minimum Gasteiger partial charge on any atom is -0.384 e. The average molecular weight is 266 g/mol. The molecule has 0 spiro atoms. The molecule has 0 radical (unpaired) electrons. The van der Waals surface area contributed by atoms with E-state index in [4.69, 9.17) is 0 Å². The molecule has 0 saturated heterocycles. The summed E-state index contributed by atoms with van der Waals surface area (Å²) in [6.07, 6.45) is -5.45. The summed E-state index contributed by atoms with van der Waals surface area (Å²) in [6.45, 7) is 1.90. The first-order chi connectivity index (χ1) is 8.88. The maximum Gasteiger partial charge on any atom is 0.416 e. The monoisotopic (exact) mass is 266 g/mol. The summed E-state index contributed by atoms with van der Waals surface area (Å²) >= 11 is 0. The molecule has 1 unspecified atom stereocenters. The molecule has 0 fully saturated rings. The molecule has 2 aromatic rings. The molecule has 0 aromatic heterocycles. The fraction of sp³-hybridized carbons (Fsp3) is 0.200. The standard InChI is InChI=1S/C15H13F3O/c1-10-5-7-11(8-6-10)14(19)12-3-2-4-13(9-12)15(16,17)18/h2-9,14,19H,1H3. The van der Waals surface area contributed by atoms with Crippen molar-refractivity contribution < 1.29 is 18.3 Å². The van der Waals surface area contributed by atoms with E-state index in [-0.39, 0.29) is 5.56 Å². The summed E-state index contributed by atoms with van der Waals surface area (Å²) in [5, 5.41) is 10.1. The van der Waals surface area contributed by atoms with Crippen molar-refractivity contribution in [2.75, 3.05) is 0 Å². The fourth-order valence-corrected chi connectivity index (χ4v) is 1.83. The molecule has 4 heteroatoms. The summed E-state index contributed by atoms with van der Waals surface area (Å²) < 4.78 is 37.8. The molecule has 0 heterocycles. The number of aliphatic hydroxyl groups is 1. The Morgan fingerprint density at radius 1 is 0.947 bits per heavy atom. The van der Waals surface area contributed by atoms with Crippen molar-refractivity contribution in [3.63, 3.8) is 0 Å². The molecule has 0 aliphatic heterocycles. The molecule has 0 bridgehead atoms. The fourth-order valence-electron chi connectivity index (χ4n) is 1.83. The number of alkyl halides is 3. The number of hydrogen-bond acceptors (Lipinski definition) is 1. The van der Waals surface area contributed by atoms with Crippen LogP contribution >= 0.6 is 0 Å². The highest BCUT2D eigenvalue weighted by Crippen LogP contribution is 2.32. The van der Waals surface area contributed by atoms with Gasteiger partial charge in [-0.2, -0.15) is 13.2 Å². The number of hydrogen-bond donors (Lipinski definition) is 1. The molecule has 2 rings (SSSR count). The van der Waals surface area contributed by atoms with Crippen molar-refractivity contribution in [2.45, 2.75) is 19.2 Å². The van der Waals surface area contributed by atoms with E-state index in [0.29, 0.717) is 5.56 Å². The van der Waals surface area contributed by atoms with Crippen LogP contribution in [-0.2, 0) is 6.18 Å². The van der Waals surface area contributed by atoms with Crippen LogP contribution in [0, 0.1) is 6.92 Å². The van der Waals surface area contributed by atoms with Gasteiger partial charge in [0.15, 0.2) is 0 Å². The van der Waals surface area contributed by atoms with Crippen LogP contribution < -0.4 is 0 Å². The average Bonchev–Trinajstić information content (AvgIpc) is 2.38. The minimum atomic E-state index is -4.40. The van der Waals surface area contributed by atoms with E-state index < -0.39 is 17.8 Å². The Labute approximate surface area is 109 Å². The summed E-state index contributed by atoms with van der Waals surface area (Å²) in [5.74, 6) is 0. The van der Waals surface area contributed by atoms with Crippen molar-refractivity contribution in [1.29, 1.82) is 0 Å². The topological polar surface area (TPSA) is 20.2 Å². The van der Waals surface area contributed by atoms with Crippen LogP contribution in [0.15, 0.2) is 48.5 Å². The van der Waals surface area contributed by atoms with Gasteiger partial charge in [0.25, 0.3) is 0 Å². The lowest BCUT2D eigenvalue weighted by Gasteiger charge is -2.14. The van der Waals surface area contributed by atoms with Gasteiger partial charge >= 0.3 is 6.18 Å². The third-order valence-electron chi connectivity index (χ3n) is 2.92. The first-order valence-corrected chi connectivity index (χ1v) is 5.80. The zero-order valence-electron chi connectivity index (χ0n) is 10.3. The van der Waals surface area contributed by atoms with Crippen molar-refractivity contribution in [1.82, 2.24) is 0 Å². The summed E-state index contributed by atoms with van der Waals surface area (Å²) in [5.41, 5.74) is 1.08. The molecular weight excluding hydrogens is 253 g/mol. The zero-order chi connectivity index (χ0) is 14.0. The normalized spacial score (nSPS) is 13.3. The smallest absolute Gasteiger partial charge is 0.384 e. The molecule has 100 valence electrons. The summed E-state index contributed by atoms with van der Waals surface area (Å²) in [6, 6.07) is 11.8. The second-order valence-corrected chi connectivity index (χ2v) is 4.44. The summed E-state index contributed by atoms with van der Waals surface area (Å²) in [4.78, 5) is 0. The van der Waals surface area contributed by atoms with Crippen molar-refractivity contribution >= 4 is 0 Å². The Hall–Kier alpha value is -1.81. The highest BCUT2D eigenvalue weighted by atomic mass is 19.4. The van der Waals surface area contributed by atoms with Gasteiger partial charge in [-0.15, -0.1) is 0 Å². The van der Waals surface area contributed by atoms with Crippen LogP contribution in [0.2, 0.25) is 0 Å². The van der Waals surface area contributed by atoms with Gasteiger partial charge in [0, 0.05) is 0 Å². The van der Waals surface area contributed by atoms with Gasteiger partial charge in [-0.05, 0) is 30.2 Å². The third-order valence-corrected chi connectivity index (χ3v) is 2.92. The van der Waals surface area contributed by atoms with Crippen molar-refractivity contribution in [2.24, 2.45) is 0 Å². The van der Waals surface area contributed by atoms with E-state index in [1.54, 1.807) is 12.1 Å². The van der Waals surface area contributed by atoms with Crippen LogP contribution in [0.3, 0.4) is 0 Å². The number of halogens is 3. The first-order valence-electron chi connectivity index (χ1n) is 5.80. The Balaban J connectivity index is 2.34. The molecule has 1 nitrogen and oxygen atoms in total. The van der Waals surface area contributed by atoms with Gasteiger partial charge in [-0.3, -0.25) is 0 Å². The van der Waals surface area contributed by atoms with E-state index >= 15 is 0 Å². The number of benzene rings is 2. The highest BCUT2D eigenvalue weighted by molar-refractivity contribution is 5.34. The van der Waals surface area contributed by atoms with Crippen molar-refractivity contribution in [3.8, 4) is 0 Å². The molecule has 1 atom stereocenters. The predicted molar refractivity (Wildman–Crippen MR) is 66.7 cm³/mol. The van der Waals surface area contributed by atoms with Gasteiger partial charge < -0.3 is 5.11 Å². The number of aryl methyl sites for hydroxylation is 1. The van der Waals surface area contributed by atoms with Crippen LogP contribution in [-0.4, -0.2) is 5.11 Å². The van der Waals surface area contributed by atoms with Gasteiger partial charge in [0.2, 0.25) is 0 Å². The quantitative estimate of drug-likeness (QED) is 0.867. The third kappa shape index (κ3) is 3.15. The first kappa shape index (κ1) is 13.6. The lowest BCUT2D eigenvalue weighted by Crippen LogP contribution is -2.07. The zero-order valence-corrected chi connectivity index (χ0v) is 10.3. The van der Waals surface area contributed by atoms with E-state index in [0.717, 1.165) is 17.7 Å². The second kappa shape index (κ2) is 5.05. The number of rotatable bonds is 2. The molecule has 1 N–H and O–H groups in total. The molecule has 19 heavy (non-hydrogen) atoms. The molecule has 0 saturated carbocycles. The van der Waals surface area contributed by atoms with E-state index in [9.17, 15) is 18.3 Å². The second-order valence-electron chi connectivity index (χ2n) is 4.44. The number of aliphatic hydroxyl groups excluding tert-OH is 1. The molecule has 0 aliphatic rings. The summed E-state index contributed by atoms with van der Waals surface area (Å²) in [7, 11) is 0. The van der Waals surface area contributed by atoms with Gasteiger partial charge in [0.05, 0.1) is 5.56 Å². The lowest BCUT2D eigenvalue weighted by atomic mass is 9.99. The molecule has 0 aliphatic carbocycles. The Bertz CT molecular complexity index is 558. The largest absolute Gasteiger partial charge is 0.416 e. The van der Waals surface area contributed by atoms with Gasteiger partial charge in [-0.25, -0.2) is 0 Å². The van der Waals surface area contributed by atoms with Crippen molar-refractivity contribution in [3.05, 3.63) is 70.8 Å². The van der Waals surface area contributed by atoms with Crippen LogP contribution in [0.4, 0.5) is 13.2 Å². The van der Waals surface area contributed by atoms with Crippen LogP contribution in [0.1, 0.15) is 28.4 Å². The maximum atomic E-state index is 12.6. The molecule has 0 amide bonds. The van der Waals surface area contributed by atoms with E-state index in [1.807, 2.05) is 19.1 Å². The molecular formula is C15H13F3O. The van der Waals surface area contributed by atoms with E-state index in [2.05, 4.69) is 0 Å². The SMILES string of the molecule is Cc1ccc(C(O)c2cccc(C(F)(F)F)c2)cc1. The maximum absolute atomic E-state index is 12.6. The van der Waals surface area contributed by atoms with Crippen LogP contribution in [0.25, 0.3) is 0 Å². The predicted octanol–water partition coefficient (Wildman–Crippen LogP) is 4.10. The minimum absolute atomic E-state index is 0.235. The van der Waals surface area contributed by atoms with E-state index in [1.165, 1.54) is 12.1 Å². The Kier molecular flexibility index (Phi) is 3.62.